The minimum absolute atomic E-state index is 0.0309. The average Bonchev–Trinajstić information content (AvgIpc) is 3.71. The zero-order valence-electron chi connectivity index (χ0n) is 36.9. The molecule has 1 unspecified atom stereocenters. The van der Waals surface area contributed by atoms with Crippen LogP contribution >= 0.6 is 0 Å². The number of halogens is 2. The third-order valence-corrected chi connectivity index (χ3v) is 13.3. The van der Waals surface area contributed by atoms with E-state index in [2.05, 4.69) is 47.9 Å². The molecule has 5 aromatic rings. The predicted octanol–water partition coefficient (Wildman–Crippen LogP) is 5.57. The number of imidazole rings is 1. The van der Waals surface area contributed by atoms with E-state index in [1.54, 1.807) is 34.6 Å². The number of aromatic nitrogens is 6. The fourth-order valence-corrected chi connectivity index (χ4v) is 9.63. The van der Waals surface area contributed by atoms with Crippen LogP contribution in [-0.2, 0) is 27.8 Å². The number of pyridine rings is 1. The Morgan fingerprint density at radius 1 is 1.02 bits per heavy atom. The lowest BCUT2D eigenvalue weighted by Crippen LogP contribution is -2.47. The summed E-state index contributed by atoms with van der Waals surface area (Å²) in [6.07, 6.45) is 9.71. The van der Waals surface area contributed by atoms with Crippen molar-refractivity contribution in [1.29, 1.82) is 0 Å². The van der Waals surface area contributed by atoms with Gasteiger partial charge >= 0.3 is 5.69 Å². The van der Waals surface area contributed by atoms with Crippen molar-refractivity contribution in [2.75, 3.05) is 63.6 Å². The van der Waals surface area contributed by atoms with E-state index in [1.165, 1.54) is 29.9 Å². The van der Waals surface area contributed by atoms with Crippen LogP contribution in [0.3, 0.4) is 0 Å². The highest BCUT2D eigenvalue weighted by Gasteiger charge is 2.32. The number of ether oxygens (including phenoxy) is 1. The Hall–Kier alpha value is -5.79. The van der Waals surface area contributed by atoms with Crippen LogP contribution in [0.15, 0.2) is 58.2 Å². The van der Waals surface area contributed by atoms with Crippen LogP contribution in [0.4, 0.5) is 20.3 Å². The number of anilines is 2. The maximum Gasteiger partial charge on any atom is 0.329 e. The molecule has 6 heterocycles. The highest BCUT2D eigenvalue weighted by molar-refractivity contribution is 6.03. The molecule has 17 nitrogen and oxygen atoms in total. The number of benzene rings is 1. The van der Waals surface area contributed by atoms with Gasteiger partial charge in [-0.15, -0.1) is 0 Å². The Morgan fingerprint density at radius 2 is 1.83 bits per heavy atom. The van der Waals surface area contributed by atoms with E-state index in [1.807, 2.05) is 18.2 Å². The number of carbonyl (C=O) groups is 3. The van der Waals surface area contributed by atoms with Gasteiger partial charge in [-0.1, -0.05) is 6.07 Å². The average molecular weight is 898 g/mol. The second-order valence-electron chi connectivity index (χ2n) is 18.2. The second-order valence-corrected chi connectivity index (χ2v) is 18.2. The number of fused-ring (bicyclic) bond motifs is 1. The van der Waals surface area contributed by atoms with Gasteiger partial charge in [0.15, 0.2) is 11.4 Å². The molecule has 65 heavy (non-hydrogen) atoms. The largest absolute Gasteiger partial charge is 0.444 e. The quantitative estimate of drug-likeness (QED) is 0.0987. The molecule has 2 saturated heterocycles. The molecule has 9 rings (SSSR count). The van der Waals surface area contributed by atoms with E-state index in [0.29, 0.717) is 41.8 Å². The third-order valence-electron chi connectivity index (χ3n) is 13.3. The number of alkyl halides is 2. The number of hydrogen-bond donors (Lipinski definition) is 3. The number of oxazole rings is 1. The number of nitrogens with zero attached hydrogens (tertiary/aromatic N) is 8. The number of amides is 3. The van der Waals surface area contributed by atoms with Crippen LogP contribution < -0.4 is 21.6 Å². The Labute approximate surface area is 374 Å². The molecule has 2 aliphatic carbocycles. The van der Waals surface area contributed by atoms with Gasteiger partial charge in [0, 0.05) is 64.1 Å². The molecule has 0 radical (unpaired) electrons. The summed E-state index contributed by atoms with van der Waals surface area (Å²) < 4.78 is 44.9. The summed E-state index contributed by atoms with van der Waals surface area (Å²) >= 11 is 0. The van der Waals surface area contributed by atoms with E-state index >= 15 is 0 Å². The number of piperidine rings is 1. The highest BCUT2D eigenvalue weighted by atomic mass is 19.3. The van der Waals surface area contributed by atoms with Crippen LogP contribution in [0.5, 0.6) is 0 Å². The smallest absolute Gasteiger partial charge is 0.329 e. The molecule has 2 aliphatic heterocycles. The molecule has 2 atom stereocenters. The van der Waals surface area contributed by atoms with E-state index in [-0.39, 0.29) is 47.4 Å². The number of aryl methyl sites for hydroxylation is 2. The Kier molecular flexibility index (Phi) is 13.2. The molecule has 1 aromatic carbocycles. The summed E-state index contributed by atoms with van der Waals surface area (Å²) in [5.74, 6) is 0.621. The summed E-state index contributed by atoms with van der Waals surface area (Å²) in [6.45, 7) is 5.85. The van der Waals surface area contributed by atoms with Gasteiger partial charge in [0.25, 0.3) is 12.3 Å². The lowest BCUT2D eigenvalue weighted by molar-refractivity contribution is -0.135. The van der Waals surface area contributed by atoms with E-state index < -0.39 is 30.0 Å². The number of imide groups is 1. The molecule has 4 fully saturated rings. The molecule has 0 bridgehead atoms. The predicted molar refractivity (Wildman–Crippen MR) is 238 cm³/mol. The number of morpholine rings is 1. The minimum atomic E-state index is -2.87. The maximum absolute atomic E-state index is 14.2. The first-order chi connectivity index (χ1) is 31.4. The molecule has 3 N–H and O–H groups in total. The molecule has 346 valence electrons. The minimum Gasteiger partial charge on any atom is -0.444 e. The van der Waals surface area contributed by atoms with E-state index in [0.717, 1.165) is 88.9 Å². The van der Waals surface area contributed by atoms with Crippen molar-refractivity contribution in [1.82, 2.24) is 44.0 Å². The van der Waals surface area contributed by atoms with Gasteiger partial charge < -0.3 is 24.7 Å². The SMILES string of the molecule is CN(C[C@H]1CN(CCCc2ccc3c(c2)n(C)c(=O)n3C2CCC(=O)NC2=O)CCO1)C[C@H]1CC[C@H](n2cc(NC(=O)c3coc(-c4ccnc(NCC5CC5)c4)n3)c(C(F)F)n2)CC1. The number of hydrogen-bond acceptors (Lipinski definition) is 12. The van der Waals surface area contributed by atoms with Crippen LogP contribution in [0.2, 0.25) is 0 Å². The van der Waals surface area contributed by atoms with Gasteiger partial charge in [0.1, 0.15) is 18.1 Å². The van der Waals surface area contributed by atoms with Crippen molar-refractivity contribution in [3.63, 3.8) is 0 Å². The molecular formula is C46H57F2N11O6. The topological polar surface area (TPSA) is 187 Å². The summed E-state index contributed by atoms with van der Waals surface area (Å²) in [6, 6.07) is 8.73. The lowest BCUT2D eigenvalue weighted by atomic mass is 9.86. The lowest BCUT2D eigenvalue weighted by Gasteiger charge is -2.36. The van der Waals surface area contributed by atoms with Crippen LogP contribution in [0.1, 0.15) is 98.0 Å². The van der Waals surface area contributed by atoms with Crippen molar-refractivity contribution >= 4 is 40.3 Å². The summed E-state index contributed by atoms with van der Waals surface area (Å²) in [5.41, 5.74) is 2.40. The number of carbonyl (C=O) groups excluding carboxylic acids is 3. The molecule has 4 aromatic heterocycles. The number of likely N-dealkylation sites (N-methyl/N-ethyl adjacent to an activating group) is 1. The van der Waals surface area contributed by atoms with E-state index in [4.69, 9.17) is 9.15 Å². The molecule has 2 saturated carbocycles. The van der Waals surface area contributed by atoms with Crippen LogP contribution in [0, 0.1) is 11.8 Å². The van der Waals surface area contributed by atoms with Crippen molar-refractivity contribution in [2.45, 2.75) is 88.8 Å². The summed E-state index contributed by atoms with van der Waals surface area (Å²) in [7, 11) is 3.84. The fraction of sp³-hybridized carbons (Fsp3) is 0.543. The van der Waals surface area contributed by atoms with Gasteiger partial charge in [-0.05, 0) is 113 Å². The van der Waals surface area contributed by atoms with Gasteiger partial charge in [-0.3, -0.25) is 38.4 Å². The molecular weight excluding hydrogens is 841 g/mol. The molecule has 19 heteroatoms. The summed E-state index contributed by atoms with van der Waals surface area (Å²) in [4.78, 5) is 64.1. The van der Waals surface area contributed by atoms with Crippen molar-refractivity contribution in [3.8, 4) is 11.5 Å². The first-order valence-electron chi connectivity index (χ1n) is 22.9. The Morgan fingerprint density at radius 3 is 2.62 bits per heavy atom. The highest BCUT2D eigenvalue weighted by Crippen LogP contribution is 2.36. The maximum atomic E-state index is 14.2. The standard InChI is InChI=1S/C46H57F2N11O6/c1-55(24-33-25-57(18-19-64-33)17-3-4-28-9-12-36-38(20-28)56(2)46(63)59(36)37-13-14-40(60)53-44(37)62)23-30-7-10-32(11-8-30)58-26-34(41(54-58)42(47)48)51-43(61)35-27-65-45(52-35)31-15-16-49-39(21-31)50-22-29-5-6-29/h9,12,15-16,20-21,26-27,29-30,32-33,37,42H,3-8,10-11,13-14,17-19,22-25H2,1-2H3,(H,49,50)(H,51,61)(H,53,60,62)/t30-,32-,33-,37?/m0/s1. The first kappa shape index (κ1) is 44.4. The monoisotopic (exact) mass is 897 g/mol. The van der Waals surface area contributed by atoms with Crippen LogP contribution in [-0.4, -0.2) is 115 Å². The Balaban J connectivity index is 0.720. The van der Waals surface area contributed by atoms with Crippen molar-refractivity contribution < 1.29 is 32.3 Å². The zero-order valence-corrected chi connectivity index (χ0v) is 36.9. The fourth-order valence-electron chi connectivity index (χ4n) is 9.63. The van der Waals surface area contributed by atoms with Crippen molar-refractivity contribution in [3.05, 3.63) is 76.4 Å². The van der Waals surface area contributed by atoms with E-state index in [9.17, 15) is 28.0 Å². The van der Waals surface area contributed by atoms with Gasteiger partial charge in [0.2, 0.25) is 17.7 Å². The van der Waals surface area contributed by atoms with Gasteiger partial charge in [0.05, 0.1) is 35.5 Å². The molecule has 3 amide bonds. The number of nitrogens with one attached hydrogen (secondary N) is 3. The third kappa shape index (κ3) is 10.4. The summed E-state index contributed by atoms with van der Waals surface area (Å²) in [5, 5.41) is 12.5. The Bertz CT molecular complexity index is 2570. The first-order valence-corrected chi connectivity index (χ1v) is 22.9. The number of rotatable bonds is 17. The second kappa shape index (κ2) is 19.4. The normalized spacial score (nSPS) is 21.9. The van der Waals surface area contributed by atoms with Crippen LogP contribution in [0.25, 0.3) is 22.5 Å². The zero-order chi connectivity index (χ0) is 45.2. The van der Waals surface area contributed by atoms with Crippen molar-refractivity contribution in [2.24, 2.45) is 18.9 Å². The van der Waals surface area contributed by atoms with Gasteiger partial charge in [-0.2, -0.15) is 5.10 Å². The molecule has 0 spiro atoms. The molecule has 4 aliphatic rings. The van der Waals surface area contributed by atoms with Gasteiger partial charge in [-0.25, -0.2) is 23.5 Å².